The van der Waals surface area contributed by atoms with E-state index in [2.05, 4.69) is 25.7 Å². The Kier molecular flexibility index (Phi) is 18.2. The molecule has 0 radical (unpaired) electrons. The number of hydrogen-bond acceptors (Lipinski definition) is 3. The number of allylic oxidation sites excluding steroid dienone is 1. The summed E-state index contributed by atoms with van der Waals surface area (Å²) in [7, 11) is 0. The molecule has 0 saturated carbocycles. The van der Waals surface area contributed by atoms with Gasteiger partial charge in [0.15, 0.2) is 0 Å². The predicted molar refractivity (Wildman–Crippen MR) is 88.2 cm³/mol. The molecular formula is C16H35N3. The van der Waals surface area contributed by atoms with Gasteiger partial charge in [-0.05, 0) is 19.3 Å². The third-order valence-corrected chi connectivity index (χ3v) is 2.81. The van der Waals surface area contributed by atoms with Crippen LogP contribution in [-0.4, -0.2) is 18.3 Å². The Balaban J connectivity index is 0. The molecule has 0 amide bonds. The van der Waals surface area contributed by atoms with Gasteiger partial charge in [0.25, 0.3) is 0 Å². The Bertz CT molecular complexity index is 212. The molecule has 0 fully saturated rings. The zero-order valence-corrected chi connectivity index (χ0v) is 13.6. The molecule has 19 heavy (non-hydrogen) atoms. The minimum atomic E-state index is 0.918. The van der Waals surface area contributed by atoms with Crippen LogP contribution in [0.3, 0.4) is 0 Å². The van der Waals surface area contributed by atoms with E-state index < -0.39 is 0 Å². The van der Waals surface area contributed by atoms with Gasteiger partial charge in [0, 0.05) is 25.2 Å². The average molecular weight is 269 g/mol. The number of unbranched alkanes of at least 4 members (excludes halogenated alkanes) is 5. The summed E-state index contributed by atoms with van der Waals surface area (Å²) in [5.74, 6) is 0. The normalized spacial score (nSPS) is 10.6. The van der Waals surface area contributed by atoms with E-state index in [0.717, 1.165) is 25.1 Å². The summed E-state index contributed by atoms with van der Waals surface area (Å²) in [6.07, 6.45) is 11.5. The molecule has 0 bridgehead atoms. The molecule has 0 atom stereocenters. The first-order valence-corrected chi connectivity index (χ1v) is 7.94. The number of hydrogen-bond donors (Lipinski definition) is 1. The third kappa shape index (κ3) is 15.0. The molecule has 114 valence electrons. The Morgan fingerprint density at radius 2 is 1.63 bits per heavy atom. The number of rotatable bonds is 11. The van der Waals surface area contributed by atoms with Crippen LogP contribution in [0.25, 0.3) is 0 Å². The molecule has 0 saturated heterocycles. The lowest BCUT2D eigenvalue weighted by Crippen LogP contribution is -2.14. The van der Waals surface area contributed by atoms with Crippen molar-refractivity contribution in [1.29, 1.82) is 0 Å². The Morgan fingerprint density at radius 1 is 1.05 bits per heavy atom. The van der Waals surface area contributed by atoms with E-state index in [-0.39, 0.29) is 0 Å². The highest BCUT2D eigenvalue weighted by Gasteiger charge is 1.98. The molecule has 3 nitrogen and oxygen atoms in total. The van der Waals surface area contributed by atoms with Gasteiger partial charge >= 0.3 is 0 Å². The van der Waals surface area contributed by atoms with Crippen LogP contribution >= 0.6 is 0 Å². The van der Waals surface area contributed by atoms with E-state index in [9.17, 15) is 0 Å². The van der Waals surface area contributed by atoms with Gasteiger partial charge in [-0.1, -0.05) is 59.8 Å². The highest BCUT2D eigenvalue weighted by Crippen LogP contribution is 2.07. The first-order chi connectivity index (χ1) is 9.24. The van der Waals surface area contributed by atoms with Gasteiger partial charge in [-0.3, -0.25) is 5.01 Å². The van der Waals surface area contributed by atoms with Crippen molar-refractivity contribution in [3.05, 3.63) is 11.9 Å². The van der Waals surface area contributed by atoms with Crippen LogP contribution in [0.5, 0.6) is 0 Å². The van der Waals surface area contributed by atoms with E-state index in [1.54, 1.807) is 0 Å². The zero-order chi connectivity index (χ0) is 14.9. The maximum atomic E-state index is 5.95. The summed E-state index contributed by atoms with van der Waals surface area (Å²) in [6.45, 7) is 12.9. The molecule has 0 aromatic heterocycles. The third-order valence-electron chi connectivity index (χ3n) is 2.81. The fraction of sp³-hybridized carbons (Fsp3) is 0.812. The lowest BCUT2D eigenvalue weighted by Gasteiger charge is -2.14. The standard InChI is InChI=1S/C14H29N3.C2H6/c1-4-6-8-10-12-17(16-3)13-14(15)11-9-7-5-2;1-2/h13H,3-12,15H2,1-2H3;1-2H3/b14-13-;. The molecule has 0 aliphatic heterocycles. The second-order valence-electron chi connectivity index (χ2n) is 4.53. The van der Waals surface area contributed by atoms with Gasteiger partial charge in [0.2, 0.25) is 0 Å². The van der Waals surface area contributed by atoms with Gasteiger partial charge in [-0.25, -0.2) is 0 Å². The Hall–Kier alpha value is -0.990. The minimum Gasteiger partial charge on any atom is -0.401 e. The summed E-state index contributed by atoms with van der Waals surface area (Å²) in [4.78, 5) is 0. The van der Waals surface area contributed by atoms with Gasteiger partial charge < -0.3 is 5.73 Å². The van der Waals surface area contributed by atoms with Crippen molar-refractivity contribution >= 4 is 6.72 Å². The summed E-state index contributed by atoms with van der Waals surface area (Å²) >= 11 is 0. The summed E-state index contributed by atoms with van der Waals surface area (Å²) in [5, 5.41) is 5.85. The van der Waals surface area contributed by atoms with Crippen molar-refractivity contribution in [2.75, 3.05) is 6.54 Å². The van der Waals surface area contributed by atoms with E-state index in [4.69, 9.17) is 5.73 Å². The number of hydrazone groups is 1. The van der Waals surface area contributed by atoms with Crippen molar-refractivity contribution in [3.63, 3.8) is 0 Å². The summed E-state index contributed by atoms with van der Waals surface area (Å²) in [5.41, 5.74) is 6.87. The molecule has 0 rings (SSSR count). The maximum absolute atomic E-state index is 5.95. The van der Waals surface area contributed by atoms with Crippen LogP contribution in [0.4, 0.5) is 0 Å². The van der Waals surface area contributed by atoms with E-state index >= 15 is 0 Å². The first kappa shape index (κ1) is 20.3. The van der Waals surface area contributed by atoms with E-state index in [1.165, 1.54) is 38.5 Å². The molecule has 0 aromatic carbocycles. The first-order valence-electron chi connectivity index (χ1n) is 7.94. The fourth-order valence-electron chi connectivity index (χ4n) is 1.71. The van der Waals surface area contributed by atoms with Gasteiger partial charge in [-0.15, -0.1) is 0 Å². The van der Waals surface area contributed by atoms with E-state index in [0.29, 0.717) is 0 Å². The number of nitrogens with zero attached hydrogens (tertiary/aromatic N) is 2. The van der Waals surface area contributed by atoms with Gasteiger partial charge in [-0.2, -0.15) is 5.10 Å². The summed E-state index contributed by atoms with van der Waals surface area (Å²) < 4.78 is 0. The quantitative estimate of drug-likeness (QED) is 0.329. The molecule has 0 aliphatic rings. The van der Waals surface area contributed by atoms with Crippen LogP contribution in [0, 0.1) is 0 Å². The molecule has 3 heteroatoms. The van der Waals surface area contributed by atoms with Crippen molar-refractivity contribution in [2.24, 2.45) is 10.8 Å². The van der Waals surface area contributed by atoms with Crippen LogP contribution in [0.2, 0.25) is 0 Å². The summed E-state index contributed by atoms with van der Waals surface area (Å²) in [6, 6.07) is 0. The van der Waals surface area contributed by atoms with E-state index in [1.807, 2.05) is 25.1 Å². The van der Waals surface area contributed by atoms with Crippen LogP contribution in [0.15, 0.2) is 17.0 Å². The minimum absolute atomic E-state index is 0.918. The van der Waals surface area contributed by atoms with Crippen molar-refractivity contribution in [3.8, 4) is 0 Å². The second kappa shape index (κ2) is 17.0. The second-order valence-corrected chi connectivity index (χ2v) is 4.53. The maximum Gasteiger partial charge on any atom is 0.0419 e. The SMILES string of the molecule is C=NN(/C=C(\N)CCCCC)CCCCCC.CC. The topological polar surface area (TPSA) is 41.6 Å². The van der Waals surface area contributed by atoms with Gasteiger partial charge in [0.05, 0.1) is 0 Å². The van der Waals surface area contributed by atoms with Crippen LogP contribution < -0.4 is 5.73 Å². The molecule has 0 aromatic rings. The van der Waals surface area contributed by atoms with Gasteiger partial charge in [0.1, 0.15) is 0 Å². The molecule has 0 aliphatic carbocycles. The monoisotopic (exact) mass is 269 g/mol. The molecular weight excluding hydrogens is 234 g/mol. The fourth-order valence-corrected chi connectivity index (χ4v) is 1.71. The Labute approximate surface area is 120 Å². The average Bonchev–Trinajstić information content (AvgIpc) is 2.44. The van der Waals surface area contributed by atoms with Crippen LogP contribution in [-0.2, 0) is 0 Å². The number of nitrogens with two attached hydrogens (primary N) is 1. The molecule has 2 N–H and O–H groups in total. The molecule has 0 unspecified atom stereocenters. The largest absolute Gasteiger partial charge is 0.401 e. The van der Waals surface area contributed by atoms with Crippen LogP contribution in [0.1, 0.15) is 79.1 Å². The smallest absolute Gasteiger partial charge is 0.0419 e. The lowest BCUT2D eigenvalue weighted by molar-refractivity contribution is 0.381. The lowest BCUT2D eigenvalue weighted by atomic mass is 10.2. The predicted octanol–water partition coefficient (Wildman–Crippen LogP) is 4.89. The van der Waals surface area contributed by atoms with Crippen molar-refractivity contribution in [1.82, 2.24) is 5.01 Å². The Morgan fingerprint density at radius 3 is 2.16 bits per heavy atom. The zero-order valence-electron chi connectivity index (χ0n) is 13.6. The van der Waals surface area contributed by atoms with Crippen molar-refractivity contribution < 1.29 is 0 Å². The highest BCUT2D eigenvalue weighted by atomic mass is 15.4. The molecule has 0 spiro atoms. The molecule has 0 heterocycles. The van der Waals surface area contributed by atoms with Crippen molar-refractivity contribution in [2.45, 2.75) is 79.1 Å². The highest BCUT2D eigenvalue weighted by molar-refractivity contribution is 5.23.